The van der Waals surface area contributed by atoms with Crippen molar-refractivity contribution in [1.82, 2.24) is 0 Å². The summed E-state index contributed by atoms with van der Waals surface area (Å²) in [5, 5.41) is 23.0. The Morgan fingerprint density at radius 2 is 2.04 bits per heavy atom. The van der Waals surface area contributed by atoms with Crippen molar-refractivity contribution >= 4 is 39.9 Å². The molecule has 25 heavy (non-hydrogen) atoms. The molecule has 0 saturated heterocycles. The Bertz CT molecular complexity index is 779. The lowest BCUT2D eigenvalue weighted by molar-refractivity contribution is -0.112. The minimum Gasteiger partial charge on any atom is -0.508 e. The largest absolute Gasteiger partial charge is 0.508 e. The molecule has 7 heteroatoms. The summed E-state index contributed by atoms with van der Waals surface area (Å²) >= 11 is 2.08. The van der Waals surface area contributed by atoms with Crippen LogP contribution in [0.25, 0.3) is 0 Å². The Labute approximate surface area is 159 Å². The van der Waals surface area contributed by atoms with Crippen LogP contribution in [-0.4, -0.2) is 29.3 Å². The number of aliphatic hydroxyl groups excluding tert-OH is 1. The van der Waals surface area contributed by atoms with Crippen LogP contribution in [0.2, 0.25) is 0 Å². The fraction of sp³-hybridized carbons (Fsp3) is 0.167. The highest BCUT2D eigenvalue weighted by atomic mass is 127. The van der Waals surface area contributed by atoms with E-state index in [9.17, 15) is 15.0 Å². The van der Waals surface area contributed by atoms with Gasteiger partial charge in [0.1, 0.15) is 18.0 Å². The second kappa shape index (κ2) is 8.84. The van der Waals surface area contributed by atoms with Crippen molar-refractivity contribution in [1.29, 1.82) is 0 Å². The molecule has 0 heterocycles. The van der Waals surface area contributed by atoms with E-state index in [2.05, 4.69) is 27.9 Å². The Morgan fingerprint density at radius 1 is 1.32 bits per heavy atom. The summed E-state index contributed by atoms with van der Waals surface area (Å²) in [6.07, 6.45) is 0.765. The summed E-state index contributed by atoms with van der Waals surface area (Å²) < 4.78 is 6.09. The average Bonchev–Trinajstić information content (AvgIpc) is 2.59. The minimum absolute atomic E-state index is 0.0372. The Hall–Kier alpha value is -2.10. The molecule has 2 rings (SSSR count). The lowest BCUT2D eigenvalue weighted by Crippen LogP contribution is -2.20. The summed E-state index contributed by atoms with van der Waals surface area (Å²) in [5.41, 5.74) is 7.06. The number of phenols is 1. The van der Waals surface area contributed by atoms with Gasteiger partial charge in [0.15, 0.2) is 0 Å². The molecule has 2 aromatic carbocycles. The lowest BCUT2D eigenvalue weighted by Gasteiger charge is -2.20. The summed E-state index contributed by atoms with van der Waals surface area (Å²) in [4.78, 5) is 12.0. The highest BCUT2D eigenvalue weighted by Crippen LogP contribution is 2.29. The fourth-order valence-corrected chi connectivity index (χ4v) is 2.73. The van der Waals surface area contributed by atoms with Gasteiger partial charge in [-0.25, -0.2) is 0 Å². The Balaban J connectivity index is 2.10. The number of methoxy groups -OCH3 is 1. The molecule has 0 spiro atoms. The quantitative estimate of drug-likeness (QED) is 0.305. The molecule has 0 saturated carbocycles. The van der Waals surface area contributed by atoms with Crippen LogP contribution < -0.4 is 11.1 Å². The minimum atomic E-state index is -1.12. The molecule has 0 aliphatic carbocycles. The van der Waals surface area contributed by atoms with Gasteiger partial charge in [0.05, 0.1) is 11.4 Å². The number of rotatable bonds is 6. The van der Waals surface area contributed by atoms with Crippen LogP contribution in [0.5, 0.6) is 5.75 Å². The predicted octanol–water partition coefficient (Wildman–Crippen LogP) is 2.82. The third-order valence-electron chi connectivity index (χ3n) is 3.55. The van der Waals surface area contributed by atoms with Gasteiger partial charge in [-0.2, -0.15) is 0 Å². The van der Waals surface area contributed by atoms with Gasteiger partial charge in [-0.15, -0.1) is 0 Å². The molecule has 132 valence electrons. The molecule has 1 amide bonds. The zero-order valence-corrected chi connectivity index (χ0v) is 15.7. The molecule has 0 bridgehead atoms. The number of hydrogen-bond donors (Lipinski definition) is 4. The molecule has 0 fully saturated rings. The molecule has 0 unspecified atom stereocenters. The first-order valence-electron chi connectivity index (χ1n) is 7.45. The molecule has 0 aromatic heterocycles. The number of nitrogens with one attached hydrogen (secondary N) is 1. The van der Waals surface area contributed by atoms with E-state index >= 15 is 0 Å². The number of ether oxygens (including phenoxy) is 1. The third-order valence-corrected chi connectivity index (χ3v) is 4.22. The van der Waals surface area contributed by atoms with Crippen LogP contribution in [0.4, 0.5) is 11.4 Å². The van der Waals surface area contributed by atoms with Crippen molar-refractivity contribution in [2.45, 2.75) is 12.2 Å². The zero-order chi connectivity index (χ0) is 18.4. The lowest BCUT2D eigenvalue weighted by atomic mass is 10.0. The smallest absolute Gasteiger partial charge is 0.248 e. The van der Waals surface area contributed by atoms with Crippen molar-refractivity contribution in [2.24, 2.45) is 0 Å². The third kappa shape index (κ3) is 5.18. The van der Waals surface area contributed by atoms with Gasteiger partial charge < -0.3 is 26.0 Å². The number of benzene rings is 2. The van der Waals surface area contributed by atoms with Crippen molar-refractivity contribution in [2.75, 3.05) is 18.2 Å². The van der Waals surface area contributed by atoms with Crippen LogP contribution in [0.15, 0.2) is 54.6 Å². The summed E-state index contributed by atoms with van der Waals surface area (Å²) in [5.74, 6) is -0.441. The molecule has 0 aliphatic rings. The number of nitrogens with two attached hydrogens (primary N) is 1. The fourth-order valence-electron chi connectivity index (χ4n) is 2.22. The maximum atomic E-state index is 12.0. The molecule has 0 aliphatic heterocycles. The Morgan fingerprint density at radius 3 is 2.72 bits per heavy atom. The van der Waals surface area contributed by atoms with Gasteiger partial charge in [0.2, 0.25) is 5.91 Å². The first-order valence-corrected chi connectivity index (χ1v) is 8.53. The summed E-state index contributed by atoms with van der Waals surface area (Å²) in [6, 6.07) is 11.8. The van der Waals surface area contributed by atoms with Crippen LogP contribution >= 0.6 is 22.6 Å². The van der Waals surface area contributed by atoms with Gasteiger partial charge in [-0.05, 0) is 59.0 Å². The number of phenolic OH excluding ortho intramolecular Hbond substituents is 1. The van der Waals surface area contributed by atoms with Crippen LogP contribution in [0.3, 0.4) is 0 Å². The molecule has 6 nitrogen and oxygen atoms in total. The van der Waals surface area contributed by atoms with Gasteiger partial charge in [0.25, 0.3) is 0 Å². The van der Waals surface area contributed by atoms with Crippen molar-refractivity contribution in [3.8, 4) is 5.75 Å². The Kier molecular flexibility index (Phi) is 6.80. The topological polar surface area (TPSA) is 105 Å². The number of anilines is 2. The molecule has 2 aromatic rings. The van der Waals surface area contributed by atoms with E-state index in [0.29, 0.717) is 16.9 Å². The van der Waals surface area contributed by atoms with E-state index in [4.69, 9.17) is 10.5 Å². The number of hydrogen-bond acceptors (Lipinski definition) is 5. The van der Waals surface area contributed by atoms with E-state index < -0.39 is 18.1 Å². The second-order valence-corrected chi connectivity index (χ2v) is 6.53. The highest BCUT2D eigenvalue weighted by Gasteiger charge is 2.21. The number of carbonyl (C=O) groups is 1. The molecule has 0 radical (unpaired) electrons. The normalized spacial score (nSPS) is 13.6. The van der Waals surface area contributed by atoms with Crippen LogP contribution in [0, 0.1) is 3.57 Å². The molecular formula is C18H19IN2O4. The van der Waals surface area contributed by atoms with E-state index in [1.54, 1.807) is 36.4 Å². The van der Waals surface area contributed by atoms with Crippen LogP contribution in [0.1, 0.15) is 11.7 Å². The number of carbonyl (C=O) groups excluding carboxylic acids is 1. The van der Waals surface area contributed by atoms with Gasteiger partial charge >= 0.3 is 0 Å². The molecule has 5 N–H and O–H groups in total. The number of amides is 1. The monoisotopic (exact) mass is 454 g/mol. The highest BCUT2D eigenvalue weighted by molar-refractivity contribution is 14.1. The predicted molar refractivity (Wildman–Crippen MR) is 105 cm³/mol. The van der Waals surface area contributed by atoms with E-state index in [1.807, 2.05) is 0 Å². The van der Waals surface area contributed by atoms with Gasteiger partial charge in [-0.3, -0.25) is 4.79 Å². The maximum absolute atomic E-state index is 12.0. The molecule has 2 atom stereocenters. The number of nitrogen functional groups attached to an aromatic ring is 1. The SMILES string of the molecule is CO[C@@H](/C=C/C(=O)Nc1ccccc1N)[C@@H](O)c1cc(I)ccc1O. The van der Waals surface area contributed by atoms with E-state index in [-0.39, 0.29) is 5.75 Å². The summed E-state index contributed by atoms with van der Waals surface area (Å²) in [7, 11) is 1.41. The van der Waals surface area contributed by atoms with Crippen molar-refractivity contribution < 1.29 is 19.7 Å². The van der Waals surface area contributed by atoms with Crippen molar-refractivity contribution in [3.05, 3.63) is 63.8 Å². The van der Waals surface area contributed by atoms with E-state index in [0.717, 1.165) is 3.57 Å². The molecular weight excluding hydrogens is 435 g/mol. The second-order valence-electron chi connectivity index (χ2n) is 5.28. The number of para-hydroxylation sites is 2. The van der Waals surface area contributed by atoms with Gasteiger partial charge in [-0.1, -0.05) is 12.1 Å². The zero-order valence-electron chi connectivity index (χ0n) is 13.5. The number of aromatic hydroxyl groups is 1. The van der Waals surface area contributed by atoms with Crippen molar-refractivity contribution in [3.63, 3.8) is 0 Å². The van der Waals surface area contributed by atoms with Gasteiger partial charge in [0, 0.05) is 22.3 Å². The standard InChI is InChI=1S/C18H19IN2O4/c1-25-16(18(24)12-10-11(19)6-7-15(12)22)8-9-17(23)21-14-5-3-2-4-13(14)20/h2-10,16,18,22,24H,20H2,1H3,(H,21,23)/b9-8+/t16-,18-/m0/s1. The summed E-state index contributed by atoms with van der Waals surface area (Å²) in [6.45, 7) is 0. The first-order chi connectivity index (χ1) is 11.9. The number of halogens is 1. The average molecular weight is 454 g/mol. The van der Waals surface area contributed by atoms with E-state index in [1.165, 1.54) is 25.3 Å². The number of aliphatic hydroxyl groups is 1. The first kappa shape index (κ1) is 19.2. The maximum Gasteiger partial charge on any atom is 0.248 e. The van der Waals surface area contributed by atoms with Crippen LogP contribution in [-0.2, 0) is 9.53 Å².